The van der Waals surface area contributed by atoms with Crippen molar-refractivity contribution in [1.29, 1.82) is 0 Å². The summed E-state index contributed by atoms with van der Waals surface area (Å²) in [5, 5.41) is 4.42. The lowest BCUT2D eigenvalue weighted by molar-refractivity contribution is -0.121. The van der Waals surface area contributed by atoms with Crippen molar-refractivity contribution in [2.45, 2.75) is 32.4 Å². The third-order valence-corrected chi connectivity index (χ3v) is 6.49. The second-order valence-electron chi connectivity index (χ2n) is 8.51. The average molecular weight is 475 g/mol. The van der Waals surface area contributed by atoms with Gasteiger partial charge in [-0.05, 0) is 68.4 Å². The molecule has 174 valence electrons. The van der Waals surface area contributed by atoms with Crippen molar-refractivity contribution >= 4 is 51.8 Å². The Kier molecular flexibility index (Phi) is 5.83. The number of benzene rings is 2. The molecule has 3 aromatic rings. The van der Waals surface area contributed by atoms with Crippen LogP contribution < -0.4 is 15.0 Å². The van der Waals surface area contributed by atoms with Crippen LogP contribution in [-0.2, 0) is 16.1 Å². The van der Waals surface area contributed by atoms with E-state index in [2.05, 4.69) is 5.32 Å². The number of amides is 2. The summed E-state index contributed by atoms with van der Waals surface area (Å²) in [5.74, 6) is 0.547. The van der Waals surface area contributed by atoms with Gasteiger partial charge in [-0.2, -0.15) is 0 Å². The number of rotatable bonds is 7. The molecule has 1 aliphatic heterocycles. The van der Waals surface area contributed by atoms with Crippen molar-refractivity contribution in [2.75, 3.05) is 18.6 Å². The zero-order chi connectivity index (χ0) is 23.8. The zero-order valence-corrected chi connectivity index (χ0v) is 20.0. The molecule has 0 unspecified atom stereocenters. The van der Waals surface area contributed by atoms with Gasteiger partial charge in [0.05, 0.1) is 12.3 Å². The maximum Gasteiger partial charge on any atom is 0.281 e. The molecule has 0 bridgehead atoms. The Bertz CT molecular complexity index is 1310. The zero-order valence-electron chi connectivity index (χ0n) is 19.2. The van der Waals surface area contributed by atoms with E-state index in [-0.39, 0.29) is 18.4 Å². The number of fused-ring (bicyclic) bond motifs is 1. The minimum atomic E-state index is -0.194. The van der Waals surface area contributed by atoms with E-state index in [0.717, 1.165) is 35.1 Å². The van der Waals surface area contributed by atoms with Gasteiger partial charge in [-0.3, -0.25) is 14.5 Å². The van der Waals surface area contributed by atoms with Crippen molar-refractivity contribution in [3.63, 3.8) is 0 Å². The molecule has 0 radical (unpaired) electrons. The molecule has 1 aliphatic carbocycles. The molecule has 1 aromatic heterocycles. The molecule has 8 heteroatoms. The summed E-state index contributed by atoms with van der Waals surface area (Å²) in [4.78, 5) is 29.1. The Morgan fingerprint density at radius 3 is 2.62 bits per heavy atom. The molecular formula is C26H26N4O3S. The number of anilines is 1. The lowest BCUT2D eigenvalue weighted by Gasteiger charge is -2.16. The lowest BCUT2D eigenvalue weighted by Crippen LogP contribution is -2.31. The first kappa shape index (κ1) is 22.2. The van der Waals surface area contributed by atoms with Crippen LogP contribution in [0.2, 0.25) is 0 Å². The fraction of sp³-hybridized carbons (Fsp3) is 0.269. The summed E-state index contributed by atoms with van der Waals surface area (Å²) in [6.07, 6.45) is 5.87. The maximum atomic E-state index is 13.4. The van der Waals surface area contributed by atoms with Gasteiger partial charge in [0, 0.05) is 35.8 Å². The van der Waals surface area contributed by atoms with Crippen LogP contribution >= 0.6 is 12.2 Å². The highest BCUT2D eigenvalue weighted by atomic mass is 32.1. The third kappa shape index (κ3) is 4.17. The van der Waals surface area contributed by atoms with E-state index in [4.69, 9.17) is 17.0 Å². The number of carbonyl (C=O) groups is 2. The third-order valence-electron chi connectivity index (χ3n) is 6.04. The average Bonchev–Trinajstić information content (AvgIpc) is 3.54. The molecule has 2 fully saturated rings. The van der Waals surface area contributed by atoms with Crippen LogP contribution in [0.25, 0.3) is 17.0 Å². The highest BCUT2D eigenvalue weighted by Crippen LogP contribution is 2.31. The van der Waals surface area contributed by atoms with Gasteiger partial charge in [0.25, 0.3) is 5.91 Å². The van der Waals surface area contributed by atoms with Gasteiger partial charge in [-0.1, -0.05) is 18.2 Å². The molecular weight excluding hydrogens is 448 g/mol. The van der Waals surface area contributed by atoms with Gasteiger partial charge in [0.1, 0.15) is 18.0 Å². The van der Waals surface area contributed by atoms with E-state index in [1.165, 1.54) is 4.90 Å². The lowest BCUT2D eigenvalue weighted by atomic mass is 10.1. The van der Waals surface area contributed by atoms with Crippen LogP contribution in [0.4, 0.5) is 5.69 Å². The van der Waals surface area contributed by atoms with Crippen LogP contribution in [0.1, 0.15) is 25.3 Å². The van der Waals surface area contributed by atoms with Crippen LogP contribution in [0.5, 0.6) is 5.75 Å². The Hall–Kier alpha value is -3.65. The summed E-state index contributed by atoms with van der Waals surface area (Å²) >= 11 is 5.60. The van der Waals surface area contributed by atoms with Crippen molar-refractivity contribution in [3.05, 3.63) is 66.0 Å². The number of nitrogens with one attached hydrogen (secondary N) is 1. The molecule has 0 atom stereocenters. The number of para-hydroxylation sites is 1. The standard InChI is InChI=1S/C26H26N4O3S/c1-3-33-20-12-10-19(11-13-20)30-25(32)23(28(2)26(30)34)14-17-15-29(16-24(31)27-18-8-9-18)22-7-5-4-6-21(17)22/h4-7,10-15,18H,3,8-9,16H2,1-2H3,(H,27,31)/b23-14-. The number of hydrogen-bond donors (Lipinski definition) is 1. The van der Waals surface area contributed by atoms with Crippen LogP contribution in [-0.4, -0.2) is 46.1 Å². The molecule has 5 rings (SSSR count). The maximum absolute atomic E-state index is 13.4. The number of aromatic nitrogens is 1. The fourth-order valence-electron chi connectivity index (χ4n) is 4.17. The number of thiocarbonyl (C=S) groups is 1. The molecule has 2 aliphatic rings. The molecule has 2 amide bonds. The monoisotopic (exact) mass is 474 g/mol. The molecule has 2 aromatic carbocycles. The van der Waals surface area contributed by atoms with E-state index < -0.39 is 0 Å². The number of hydrogen-bond acceptors (Lipinski definition) is 4. The van der Waals surface area contributed by atoms with E-state index >= 15 is 0 Å². The van der Waals surface area contributed by atoms with Gasteiger partial charge in [-0.25, -0.2) is 0 Å². The minimum absolute atomic E-state index is 0.000584. The number of carbonyl (C=O) groups excluding carboxylic acids is 2. The molecule has 0 spiro atoms. The first-order valence-corrected chi connectivity index (χ1v) is 11.8. The van der Waals surface area contributed by atoms with E-state index in [9.17, 15) is 9.59 Å². The van der Waals surface area contributed by atoms with Crippen LogP contribution in [0, 0.1) is 0 Å². The Morgan fingerprint density at radius 2 is 1.91 bits per heavy atom. The predicted molar refractivity (Wildman–Crippen MR) is 137 cm³/mol. The topological polar surface area (TPSA) is 66.8 Å². The van der Waals surface area contributed by atoms with E-state index in [0.29, 0.717) is 29.1 Å². The van der Waals surface area contributed by atoms with Crippen molar-refractivity contribution in [2.24, 2.45) is 0 Å². The summed E-state index contributed by atoms with van der Waals surface area (Å²) in [5.41, 5.74) is 2.97. The van der Waals surface area contributed by atoms with Crippen LogP contribution in [0.3, 0.4) is 0 Å². The summed E-state index contributed by atoms with van der Waals surface area (Å²) < 4.78 is 7.44. The Morgan fingerprint density at radius 1 is 1.18 bits per heavy atom. The first-order valence-electron chi connectivity index (χ1n) is 11.4. The summed E-state index contributed by atoms with van der Waals surface area (Å²) in [6.45, 7) is 2.74. The Labute approximate surface area is 203 Å². The molecule has 2 heterocycles. The number of nitrogens with zero attached hydrogens (tertiary/aromatic N) is 3. The molecule has 1 N–H and O–H groups in total. The van der Waals surface area contributed by atoms with E-state index in [1.54, 1.807) is 11.9 Å². The number of likely N-dealkylation sites (N-methyl/N-ethyl adjacent to an activating group) is 1. The van der Waals surface area contributed by atoms with E-state index in [1.807, 2.05) is 72.3 Å². The fourth-order valence-corrected chi connectivity index (χ4v) is 4.45. The first-order chi connectivity index (χ1) is 16.5. The number of ether oxygens (including phenoxy) is 1. The largest absolute Gasteiger partial charge is 0.494 e. The quantitative estimate of drug-likeness (QED) is 0.415. The van der Waals surface area contributed by atoms with Crippen molar-refractivity contribution in [1.82, 2.24) is 14.8 Å². The van der Waals surface area contributed by atoms with Crippen LogP contribution in [0.15, 0.2) is 60.4 Å². The minimum Gasteiger partial charge on any atom is -0.494 e. The van der Waals surface area contributed by atoms with Crippen molar-refractivity contribution in [3.8, 4) is 5.75 Å². The predicted octanol–water partition coefficient (Wildman–Crippen LogP) is 3.92. The van der Waals surface area contributed by atoms with Gasteiger partial charge in [-0.15, -0.1) is 0 Å². The second kappa shape index (κ2) is 8.95. The SMILES string of the molecule is CCOc1ccc(N2C(=O)/C(=C/c3cn(CC(=O)NC4CC4)c4ccccc34)N(C)C2=S)cc1. The van der Waals surface area contributed by atoms with Gasteiger partial charge >= 0.3 is 0 Å². The highest BCUT2D eigenvalue weighted by Gasteiger charge is 2.37. The molecule has 1 saturated carbocycles. The van der Waals surface area contributed by atoms with Gasteiger partial charge in [0.15, 0.2) is 5.11 Å². The van der Waals surface area contributed by atoms with Gasteiger partial charge in [0.2, 0.25) is 5.91 Å². The molecule has 7 nitrogen and oxygen atoms in total. The smallest absolute Gasteiger partial charge is 0.281 e. The molecule has 34 heavy (non-hydrogen) atoms. The second-order valence-corrected chi connectivity index (χ2v) is 8.88. The van der Waals surface area contributed by atoms with Gasteiger partial charge < -0.3 is 19.5 Å². The highest BCUT2D eigenvalue weighted by molar-refractivity contribution is 7.80. The molecule has 1 saturated heterocycles. The Balaban J connectivity index is 1.46. The summed E-state index contributed by atoms with van der Waals surface area (Å²) in [7, 11) is 1.79. The normalized spacial score (nSPS) is 17.2. The van der Waals surface area contributed by atoms with Crippen molar-refractivity contribution < 1.29 is 14.3 Å². The summed E-state index contributed by atoms with van der Waals surface area (Å²) in [6, 6.07) is 15.5.